The van der Waals surface area contributed by atoms with Crippen LogP contribution in [0.15, 0.2) is 58.7 Å². The molecule has 2 aromatic carbocycles. The van der Waals surface area contributed by atoms with Gasteiger partial charge < -0.3 is 10.2 Å². The van der Waals surface area contributed by atoms with E-state index < -0.39 is 17.7 Å². The van der Waals surface area contributed by atoms with E-state index in [0.29, 0.717) is 11.1 Å². The van der Waals surface area contributed by atoms with Crippen LogP contribution in [0.2, 0.25) is 0 Å². The Morgan fingerprint density at radius 1 is 0.926 bits per heavy atom. The molecule has 0 saturated carbocycles. The fraction of sp³-hybridized carbons (Fsp3) is 0.158. The SMILES string of the molecule is CCC(C(=O)N/N=C/c1cccc(O)c1)C(=O)N/N=C/c1cccc(O)c1. The van der Waals surface area contributed by atoms with Gasteiger partial charge >= 0.3 is 0 Å². The zero-order valence-electron chi connectivity index (χ0n) is 14.7. The van der Waals surface area contributed by atoms with E-state index in [0.717, 1.165) is 0 Å². The number of aromatic hydroxyl groups is 2. The minimum atomic E-state index is -0.965. The van der Waals surface area contributed by atoms with Crippen molar-refractivity contribution in [3.8, 4) is 11.5 Å². The minimum absolute atomic E-state index is 0.0840. The van der Waals surface area contributed by atoms with Gasteiger partial charge in [0.05, 0.1) is 12.4 Å². The number of nitrogens with zero attached hydrogens (tertiary/aromatic N) is 2. The molecule has 8 nitrogen and oxygen atoms in total. The Balaban J connectivity index is 1.90. The quantitative estimate of drug-likeness (QED) is 0.337. The van der Waals surface area contributed by atoms with Crippen molar-refractivity contribution in [1.82, 2.24) is 10.9 Å². The average molecular weight is 368 g/mol. The van der Waals surface area contributed by atoms with E-state index in [-0.39, 0.29) is 17.9 Å². The maximum Gasteiger partial charge on any atom is 0.252 e. The number of rotatable bonds is 7. The van der Waals surface area contributed by atoms with Crippen LogP contribution < -0.4 is 10.9 Å². The van der Waals surface area contributed by atoms with Gasteiger partial charge in [-0.15, -0.1) is 0 Å². The highest BCUT2D eigenvalue weighted by Gasteiger charge is 2.24. The van der Waals surface area contributed by atoms with Gasteiger partial charge in [0.2, 0.25) is 0 Å². The fourth-order valence-corrected chi connectivity index (χ4v) is 2.20. The van der Waals surface area contributed by atoms with Crippen molar-refractivity contribution in [3.05, 3.63) is 59.7 Å². The molecule has 0 radical (unpaired) electrons. The summed E-state index contributed by atoms with van der Waals surface area (Å²) in [7, 11) is 0. The lowest BCUT2D eigenvalue weighted by Gasteiger charge is -2.10. The molecule has 4 N–H and O–H groups in total. The van der Waals surface area contributed by atoms with E-state index in [4.69, 9.17) is 0 Å². The molecule has 2 amide bonds. The summed E-state index contributed by atoms with van der Waals surface area (Å²) in [6, 6.07) is 12.7. The highest BCUT2D eigenvalue weighted by Crippen LogP contribution is 2.10. The Hall–Kier alpha value is -3.68. The lowest BCUT2D eigenvalue weighted by atomic mass is 10.1. The zero-order valence-corrected chi connectivity index (χ0v) is 14.7. The first-order valence-electron chi connectivity index (χ1n) is 8.23. The van der Waals surface area contributed by atoms with Crippen LogP contribution in [0.1, 0.15) is 24.5 Å². The molecule has 0 bridgehead atoms. The molecule has 0 aromatic heterocycles. The number of hydrazone groups is 2. The number of benzene rings is 2. The first kappa shape index (κ1) is 19.6. The lowest BCUT2D eigenvalue weighted by Crippen LogP contribution is -2.37. The third kappa shape index (κ3) is 6.28. The van der Waals surface area contributed by atoms with Gasteiger partial charge in [0.1, 0.15) is 17.4 Å². The van der Waals surface area contributed by atoms with E-state index in [1.54, 1.807) is 31.2 Å². The summed E-state index contributed by atoms with van der Waals surface area (Å²) in [6.45, 7) is 1.70. The molecule has 140 valence electrons. The van der Waals surface area contributed by atoms with Crippen LogP contribution in [0.4, 0.5) is 0 Å². The molecule has 2 aromatic rings. The van der Waals surface area contributed by atoms with Crippen LogP contribution in [0, 0.1) is 5.92 Å². The number of hydrogen-bond donors (Lipinski definition) is 4. The topological polar surface area (TPSA) is 123 Å². The Labute approximate surface area is 156 Å². The first-order valence-corrected chi connectivity index (χ1v) is 8.23. The first-order chi connectivity index (χ1) is 13.0. The van der Waals surface area contributed by atoms with Crippen molar-refractivity contribution >= 4 is 24.2 Å². The second kappa shape index (κ2) is 9.71. The van der Waals surface area contributed by atoms with E-state index >= 15 is 0 Å². The van der Waals surface area contributed by atoms with Crippen LogP contribution in [-0.4, -0.2) is 34.5 Å². The van der Waals surface area contributed by atoms with Gasteiger partial charge in [-0.2, -0.15) is 10.2 Å². The molecule has 0 aliphatic carbocycles. The third-order valence-electron chi connectivity index (χ3n) is 3.56. The fourth-order valence-electron chi connectivity index (χ4n) is 2.20. The monoisotopic (exact) mass is 368 g/mol. The van der Waals surface area contributed by atoms with Crippen LogP contribution in [0.25, 0.3) is 0 Å². The molecular formula is C19H20N4O4. The van der Waals surface area contributed by atoms with E-state index in [9.17, 15) is 19.8 Å². The summed E-state index contributed by atoms with van der Waals surface area (Å²) in [6.07, 6.45) is 2.99. The summed E-state index contributed by atoms with van der Waals surface area (Å²) in [4.78, 5) is 24.3. The predicted molar refractivity (Wildman–Crippen MR) is 101 cm³/mol. The highest BCUT2D eigenvalue weighted by atomic mass is 16.3. The van der Waals surface area contributed by atoms with Gasteiger partial charge in [0.25, 0.3) is 11.8 Å². The minimum Gasteiger partial charge on any atom is -0.508 e. The molecular weight excluding hydrogens is 348 g/mol. The average Bonchev–Trinajstić information content (AvgIpc) is 2.62. The Morgan fingerprint density at radius 2 is 1.37 bits per heavy atom. The lowest BCUT2D eigenvalue weighted by molar-refractivity contribution is -0.135. The molecule has 0 fully saturated rings. The number of phenols is 2. The molecule has 0 heterocycles. The molecule has 0 spiro atoms. The van der Waals surface area contributed by atoms with Crippen molar-refractivity contribution in [3.63, 3.8) is 0 Å². The number of carbonyl (C=O) groups is 2. The Bertz CT molecular complexity index is 795. The van der Waals surface area contributed by atoms with Crippen LogP contribution in [0.5, 0.6) is 11.5 Å². The summed E-state index contributed by atoms with van der Waals surface area (Å²) < 4.78 is 0. The molecule has 0 aliphatic rings. The van der Waals surface area contributed by atoms with Crippen molar-refractivity contribution in [1.29, 1.82) is 0 Å². The highest BCUT2D eigenvalue weighted by molar-refractivity contribution is 6.00. The molecule has 0 atom stereocenters. The number of carbonyl (C=O) groups excluding carboxylic acids is 2. The second-order valence-corrected chi connectivity index (χ2v) is 5.62. The van der Waals surface area contributed by atoms with E-state index in [2.05, 4.69) is 21.1 Å². The summed E-state index contributed by atoms with van der Waals surface area (Å²) in [5.74, 6) is -1.94. The van der Waals surface area contributed by atoms with E-state index in [1.807, 2.05) is 0 Å². The summed E-state index contributed by atoms with van der Waals surface area (Å²) >= 11 is 0. The van der Waals surface area contributed by atoms with Gasteiger partial charge in [0, 0.05) is 0 Å². The third-order valence-corrected chi connectivity index (χ3v) is 3.56. The van der Waals surface area contributed by atoms with Gasteiger partial charge in [-0.05, 0) is 41.8 Å². The van der Waals surface area contributed by atoms with Gasteiger partial charge in [0.15, 0.2) is 0 Å². The van der Waals surface area contributed by atoms with Crippen molar-refractivity contribution in [2.24, 2.45) is 16.1 Å². The van der Waals surface area contributed by atoms with Gasteiger partial charge in [-0.25, -0.2) is 10.9 Å². The summed E-state index contributed by atoms with van der Waals surface area (Å²) in [5, 5.41) is 26.3. The zero-order chi connectivity index (χ0) is 19.6. The molecule has 0 aliphatic heterocycles. The smallest absolute Gasteiger partial charge is 0.252 e. The molecule has 0 unspecified atom stereocenters. The van der Waals surface area contributed by atoms with E-state index in [1.165, 1.54) is 36.7 Å². The maximum atomic E-state index is 12.1. The number of amides is 2. The van der Waals surface area contributed by atoms with Crippen molar-refractivity contribution in [2.75, 3.05) is 0 Å². The van der Waals surface area contributed by atoms with Crippen LogP contribution in [-0.2, 0) is 9.59 Å². The molecule has 8 heteroatoms. The Morgan fingerprint density at radius 3 is 1.74 bits per heavy atom. The van der Waals surface area contributed by atoms with Crippen LogP contribution >= 0.6 is 0 Å². The van der Waals surface area contributed by atoms with Crippen LogP contribution in [0.3, 0.4) is 0 Å². The largest absolute Gasteiger partial charge is 0.508 e. The second-order valence-electron chi connectivity index (χ2n) is 5.62. The molecule has 2 rings (SSSR count). The normalized spacial score (nSPS) is 11.2. The standard InChI is InChI=1S/C19H20N4O4/c1-2-17(18(26)22-20-11-13-5-3-7-15(24)9-13)19(27)23-21-12-14-6-4-8-16(25)10-14/h3-12,17,24-25H,2H2,1H3,(H,22,26)(H,23,27)/b20-11+,21-12+. The molecule has 0 saturated heterocycles. The summed E-state index contributed by atoms with van der Waals surface area (Å²) in [5.41, 5.74) is 5.80. The number of phenolic OH excluding ortho intramolecular Hbond substituents is 2. The van der Waals surface area contributed by atoms with Gasteiger partial charge in [-0.1, -0.05) is 31.2 Å². The van der Waals surface area contributed by atoms with Crippen molar-refractivity contribution < 1.29 is 19.8 Å². The maximum absolute atomic E-state index is 12.1. The number of nitrogens with one attached hydrogen (secondary N) is 2. The number of hydrogen-bond acceptors (Lipinski definition) is 6. The van der Waals surface area contributed by atoms with Gasteiger partial charge in [-0.3, -0.25) is 9.59 Å². The van der Waals surface area contributed by atoms with Crippen molar-refractivity contribution in [2.45, 2.75) is 13.3 Å². The Kier molecular flexibility index (Phi) is 7.07. The molecule has 27 heavy (non-hydrogen) atoms. The predicted octanol–water partition coefficient (Wildman–Crippen LogP) is 1.72.